The molecule has 0 unspecified atom stereocenters. The molecule has 2 aromatic carbocycles. The minimum atomic E-state index is 0.753. The summed E-state index contributed by atoms with van der Waals surface area (Å²) in [5, 5.41) is 0. The number of para-hydroxylation sites is 1. The maximum absolute atomic E-state index is 5.87. The molecule has 2 aromatic rings. The average molecular weight is 310 g/mol. The summed E-state index contributed by atoms with van der Waals surface area (Å²) in [5.41, 5.74) is 9.37. The summed E-state index contributed by atoms with van der Waals surface area (Å²) in [5.74, 6) is 1.78. The van der Waals surface area contributed by atoms with Crippen LogP contribution in [-0.4, -0.2) is 25.1 Å². The zero-order valence-corrected chi connectivity index (χ0v) is 13.9. The highest BCUT2D eigenvalue weighted by atomic mass is 16.5. The highest BCUT2D eigenvalue weighted by molar-refractivity contribution is 5.40. The number of hydrogen-bond donors (Lipinski definition) is 1. The van der Waals surface area contributed by atoms with Crippen LogP contribution in [0.3, 0.4) is 0 Å². The van der Waals surface area contributed by atoms with Gasteiger partial charge in [0.25, 0.3) is 0 Å². The third kappa shape index (κ3) is 4.26. The van der Waals surface area contributed by atoms with Crippen LogP contribution >= 0.6 is 0 Å². The van der Waals surface area contributed by atoms with E-state index in [9.17, 15) is 0 Å². The second-order valence-corrected chi connectivity index (χ2v) is 6.48. The van der Waals surface area contributed by atoms with Crippen LogP contribution in [-0.2, 0) is 13.0 Å². The van der Waals surface area contributed by atoms with Gasteiger partial charge in [0, 0.05) is 12.2 Å². The van der Waals surface area contributed by atoms with Gasteiger partial charge in [0.15, 0.2) is 0 Å². The zero-order valence-electron chi connectivity index (χ0n) is 13.9. The van der Waals surface area contributed by atoms with Gasteiger partial charge in [0.05, 0.1) is 7.11 Å². The number of anilines is 1. The van der Waals surface area contributed by atoms with E-state index in [1.165, 1.54) is 24.0 Å². The lowest BCUT2D eigenvalue weighted by molar-refractivity contribution is 0.176. The largest absolute Gasteiger partial charge is 0.496 e. The molecular weight excluding hydrogens is 284 g/mol. The third-order valence-corrected chi connectivity index (χ3v) is 4.77. The van der Waals surface area contributed by atoms with E-state index in [2.05, 4.69) is 35.2 Å². The molecule has 0 atom stereocenters. The van der Waals surface area contributed by atoms with E-state index in [4.69, 9.17) is 10.5 Å². The summed E-state index contributed by atoms with van der Waals surface area (Å²) in [6.45, 7) is 3.33. The second kappa shape index (κ2) is 7.51. The molecule has 1 heterocycles. The van der Waals surface area contributed by atoms with Crippen molar-refractivity contribution in [3.05, 3.63) is 59.7 Å². The van der Waals surface area contributed by atoms with Crippen molar-refractivity contribution in [2.24, 2.45) is 5.92 Å². The number of nitrogens with zero attached hydrogens (tertiary/aromatic N) is 1. The molecule has 3 nitrogen and oxygen atoms in total. The predicted octanol–water partition coefficient (Wildman–Crippen LogP) is 3.73. The van der Waals surface area contributed by atoms with Gasteiger partial charge in [-0.05, 0) is 67.6 Å². The fourth-order valence-corrected chi connectivity index (χ4v) is 3.48. The molecule has 3 heteroatoms. The zero-order chi connectivity index (χ0) is 16.1. The van der Waals surface area contributed by atoms with E-state index < -0.39 is 0 Å². The Hall–Kier alpha value is -2.00. The van der Waals surface area contributed by atoms with Crippen molar-refractivity contribution in [2.75, 3.05) is 25.9 Å². The first-order valence-electron chi connectivity index (χ1n) is 8.43. The van der Waals surface area contributed by atoms with Crippen LogP contribution in [0.5, 0.6) is 5.75 Å². The molecule has 1 aliphatic heterocycles. The second-order valence-electron chi connectivity index (χ2n) is 6.48. The molecule has 1 aliphatic rings. The van der Waals surface area contributed by atoms with E-state index in [-0.39, 0.29) is 0 Å². The normalized spacial score (nSPS) is 16.4. The molecule has 2 N–H and O–H groups in total. The van der Waals surface area contributed by atoms with Gasteiger partial charge in [-0.1, -0.05) is 30.3 Å². The van der Waals surface area contributed by atoms with Gasteiger partial charge in [-0.25, -0.2) is 0 Å². The van der Waals surface area contributed by atoms with Crippen molar-refractivity contribution in [1.82, 2.24) is 4.90 Å². The van der Waals surface area contributed by atoms with Gasteiger partial charge in [-0.3, -0.25) is 4.90 Å². The van der Waals surface area contributed by atoms with Gasteiger partial charge in [0.2, 0.25) is 0 Å². The smallest absolute Gasteiger partial charge is 0.122 e. The molecular formula is C20H26N2O. The van der Waals surface area contributed by atoms with Crippen molar-refractivity contribution in [3.63, 3.8) is 0 Å². The monoisotopic (exact) mass is 310 g/mol. The van der Waals surface area contributed by atoms with Crippen molar-refractivity contribution in [2.45, 2.75) is 25.8 Å². The van der Waals surface area contributed by atoms with E-state index in [0.29, 0.717) is 0 Å². The summed E-state index contributed by atoms with van der Waals surface area (Å²) in [4.78, 5) is 2.54. The number of nitrogen functional groups attached to an aromatic ring is 1. The predicted molar refractivity (Wildman–Crippen MR) is 95.6 cm³/mol. The molecule has 0 amide bonds. The van der Waals surface area contributed by atoms with Crippen LogP contribution in [0.4, 0.5) is 5.69 Å². The molecule has 0 spiro atoms. The molecule has 0 aliphatic carbocycles. The number of nitrogens with two attached hydrogens (primary N) is 1. The Morgan fingerprint density at radius 3 is 2.61 bits per heavy atom. The first kappa shape index (κ1) is 15.9. The fraction of sp³-hybridized carbons (Fsp3) is 0.400. The highest BCUT2D eigenvalue weighted by Gasteiger charge is 2.20. The molecule has 0 bridgehead atoms. The van der Waals surface area contributed by atoms with E-state index in [1.807, 2.05) is 18.2 Å². The molecule has 122 valence electrons. The number of benzene rings is 2. The molecule has 0 saturated carbocycles. The quantitative estimate of drug-likeness (QED) is 0.855. The van der Waals surface area contributed by atoms with Crippen LogP contribution in [0.1, 0.15) is 24.0 Å². The Morgan fingerprint density at radius 1 is 1.09 bits per heavy atom. The van der Waals surface area contributed by atoms with E-state index in [0.717, 1.165) is 43.4 Å². The third-order valence-electron chi connectivity index (χ3n) is 4.77. The molecule has 3 rings (SSSR count). The van der Waals surface area contributed by atoms with Crippen LogP contribution < -0.4 is 10.5 Å². The van der Waals surface area contributed by atoms with Gasteiger partial charge in [-0.15, -0.1) is 0 Å². The number of piperidine rings is 1. The summed E-state index contributed by atoms with van der Waals surface area (Å²) in [7, 11) is 1.76. The van der Waals surface area contributed by atoms with Crippen LogP contribution in [0.2, 0.25) is 0 Å². The first-order valence-corrected chi connectivity index (χ1v) is 8.43. The van der Waals surface area contributed by atoms with Crippen LogP contribution in [0.25, 0.3) is 0 Å². The van der Waals surface area contributed by atoms with Gasteiger partial charge < -0.3 is 10.5 Å². The standard InChI is InChI=1S/C20H26N2O/c1-23-20-8-3-2-6-18(20)13-16-9-11-22(12-10-16)15-17-5-4-7-19(21)14-17/h2-8,14,16H,9-13,15,21H2,1H3. The van der Waals surface area contributed by atoms with Crippen LogP contribution in [0.15, 0.2) is 48.5 Å². The molecule has 0 aromatic heterocycles. The molecule has 23 heavy (non-hydrogen) atoms. The Bertz CT molecular complexity index is 633. The first-order chi connectivity index (χ1) is 11.2. The highest BCUT2D eigenvalue weighted by Crippen LogP contribution is 2.27. The van der Waals surface area contributed by atoms with Gasteiger partial charge in [-0.2, -0.15) is 0 Å². The summed E-state index contributed by atoms with van der Waals surface area (Å²) >= 11 is 0. The fourth-order valence-electron chi connectivity index (χ4n) is 3.48. The minimum absolute atomic E-state index is 0.753. The lowest BCUT2D eigenvalue weighted by Gasteiger charge is -2.32. The lowest BCUT2D eigenvalue weighted by Crippen LogP contribution is -2.33. The van der Waals surface area contributed by atoms with Crippen LogP contribution in [0, 0.1) is 5.92 Å². The van der Waals surface area contributed by atoms with E-state index in [1.54, 1.807) is 7.11 Å². The average Bonchev–Trinajstić information content (AvgIpc) is 2.57. The van der Waals surface area contributed by atoms with E-state index >= 15 is 0 Å². The number of ether oxygens (including phenoxy) is 1. The summed E-state index contributed by atoms with van der Waals surface area (Å²) in [6.07, 6.45) is 3.62. The van der Waals surface area contributed by atoms with Crippen molar-refractivity contribution in [3.8, 4) is 5.75 Å². The van der Waals surface area contributed by atoms with Gasteiger partial charge >= 0.3 is 0 Å². The number of methoxy groups -OCH3 is 1. The number of likely N-dealkylation sites (tertiary alicyclic amines) is 1. The Balaban J connectivity index is 1.52. The number of rotatable bonds is 5. The Labute approximate surface area is 139 Å². The maximum Gasteiger partial charge on any atom is 0.122 e. The molecule has 1 saturated heterocycles. The van der Waals surface area contributed by atoms with Crippen molar-refractivity contribution in [1.29, 1.82) is 0 Å². The minimum Gasteiger partial charge on any atom is -0.496 e. The Morgan fingerprint density at radius 2 is 1.87 bits per heavy atom. The molecule has 1 fully saturated rings. The lowest BCUT2D eigenvalue weighted by atomic mass is 9.89. The SMILES string of the molecule is COc1ccccc1CC1CCN(Cc2cccc(N)c2)CC1. The van der Waals surface area contributed by atoms with Gasteiger partial charge in [0.1, 0.15) is 5.75 Å². The van der Waals surface area contributed by atoms with Crippen molar-refractivity contribution < 1.29 is 4.74 Å². The summed E-state index contributed by atoms with van der Waals surface area (Å²) < 4.78 is 5.48. The van der Waals surface area contributed by atoms with Crippen molar-refractivity contribution >= 4 is 5.69 Å². The number of hydrogen-bond acceptors (Lipinski definition) is 3. The maximum atomic E-state index is 5.87. The summed E-state index contributed by atoms with van der Waals surface area (Å²) in [6, 6.07) is 16.6. The Kier molecular flexibility index (Phi) is 5.19. The molecule has 0 radical (unpaired) electrons. The topological polar surface area (TPSA) is 38.5 Å².